The molecule has 0 atom stereocenters. The van der Waals surface area contributed by atoms with E-state index in [1.54, 1.807) is 41.4 Å². The van der Waals surface area contributed by atoms with E-state index in [1.165, 1.54) is 21.8 Å². The Bertz CT molecular complexity index is 1610. The number of hydrogen-bond acceptors (Lipinski definition) is 5. The first-order valence-corrected chi connectivity index (χ1v) is 11.6. The predicted molar refractivity (Wildman–Crippen MR) is 130 cm³/mol. The lowest BCUT2D eigenvalue weighted by Crippen LogP contribution is -2.41. The van der Waals surface area contributed by atoms with Crippen LogP contribution in [-0.4, -0.2) is 19.5 Å². The molecule has 5 aromatic rings. The molecule has 0 amide bonds. The third-order valence-corrected chi connectivity index (χ3v) is 6.69. The Kier molecular flexibility index (Phi) is 5.45. The van der Waals surface area contributed by atoms with Gasteiger partial charge in [-0.2, -0.15) is 8.97 Å². The smallest absolute Gasteiger partial charge is 0.354 e. The van der Waals surface area contributed by atoms with Crippen LogP contribution in [0.5, 0.6) is 5.88 Å². The summed E-state index contributed by atoms with van der Waals surface area (Å²) in [5, 5.41) is 12.3. The zero-order valence-corrected chi connectivity index (χ0v) is 19.7. The van der Waals surface area contributed by atoms with Gasteiger partial charge in [-0.15, -0.1) is 11.3 Å². The van der Waals surface area contributed by atoms with E-state index in [2.05, 4.69) is 9.97 Å². The van der Waals surface area contributed by atoms with Crippen molar-refractivity contribution in [2.75, 3.05) is 0 Å². The first kappa shape index (κ1) is 21.9. The van der Waals surface area contributed by atoms with Gasteiger partial charge < -0.3 is 5.11 Å². The number of benzene rings is 1. The number of fused-ring (bicyclic) bond motifs is 1. The van der Waals surface area contributed by atoms with Gasteiger partial charge in [0, 0.05) is 34.8 Å². The van der Waals surface area contributed by atoms with Gasteiger partial charge in [0.15, 0.2) is 5.56 Å². The van der Waals surface area contributed by atoms with Crippen molar-refractivity contribution in [3.05, 3.63) is 98.4 Å². The van der Waals surface area contributed by atoms with Crippen molar-refractivity contribution in [1.82, 2.24) is 14.4 Å². The molecule has 5 rings (SSSR count). The molecule has 0 spiro atoms. The number of aromatic nitrogens is 4. The summed E-state index contributed by atoms with van der Waals surface area (Å²) in [4.78, 5) is 23.1. The van der Waals surface area contributed by atoms with E-state index >= 15 is 4.39 Å². The minimum absolute atomic E-state index is 0.0331. The Morgan fingerprint density at radius 1 is 1.06 bits per heavy atom. The van der Waals surface area contributed by atoms with Gasteiger partial charge >= 0.3 is 5.56 Å². The Labute approximate surface area is 199 Å². The molecule has 170 valence electrons. The van der Waals surface area contributed by atoms with Crippen molar-refractivity contribution in [2.24, 2.45) is 0 Å². The van der Waals surface area contributed by atoms with Crippen molar-refractivity contribution in [1.29, 1.82) is 0 Å². The van der Waals surface area contributed by atoms with E-state index in [0.717, 1.165) is 26.7 Å². The van der Waals surface area contributed by atoms with Gasteiger partial charge in [-0.05, 0) is 56.7 Å². The maximum Gasteiger partial charge on any atom is 0.354 e. The summed E-state index contributed by atoms with van der Waals surface area (Å²) >= 11 is 1.50. The summed E-state index contributed by atoms with van der Waals surface area (Å²) in [5.74, 6) is -0.882. The number of pyridine rings is 2. The van der Waals surface area contributed by atoms with Gasteiger partial charge in [-0.3, -0.25) is 4.98 Å². The molecule has 1 aromatic carbocycles. The number of aromatic hydroxyl groups is 1. The Morgan fingerprint density at radius 3 is 2.56 bits per heavy atom. The van der Waals surface area contributed by atoms with Crippen LogP contribution in [0.1, 0.15) is 21.1 Å². The summed E-state index contributed by atoms with van der Waals surface area (Å²) in [5.41, 5.74) is 3.14. The molecule has 4 aromatic heterocycles. The molecule has 8 heteroatoms. The van der Waals surface area contributed by atoms with Crippen LogP contribution in [0.15, 0.2) is 65.8 Å². The second-order valence-corrected chi connectivity index (χ2v) is 9.52. The zero-order chi connectivity index (χ0) is 24.0. The number of halogens is 1. The second kappa shape index (κ2) is 8.46. The van der Waals surface area contributed by atoms with E-state index in [-0.39, 0.29) is 17.0 Å². The molecule has 0 bridgehead atoms. The molecule has 0 saturated carbocycles. The van der Waals surface area contributed by atoms with Gasteiger partial charge in [-0.25, -0.2) is 14.2 Å². The molecule has 0 saturated heterocycles. The third-order valence-electron chi connectivity index (χ3n) is 5.79. The minimum Gasteiger partial charge on any atom is -0.477 e. The molecule has 6 nitrogen and oxygen atoms in total. The standard InChI is InChI=1S/C26H21FN4O2S/c1-15-5-4-10-30-24(15)31(14-20-13-29-17(3)34-20)26(33)23(25(30)32)21-11-18(8-9-22(21)27)19-7-6-16(2)28-12-19/h4-13H,14H2,1-3H3/p+1. The average molecular weight is 474 g/mol. The maximum absolute atomic E-state index is 15.1. The first-order valence-electron chi connectivity index (χ1n) is 10.7. The summed E-state index contributed by atoms with van der Waals surface area (Å²) < 4.78 is 18.2. The molecule has 1 N–H and O–H groups in total. The van der Waals surface area contributed by atoms with Gasteiger partial charge in [0.2, 0.25) is 0 Å². The predicted octanol–water partition coefficient (Wildman–Crippen LogP) is 4.59. The van der Waals surface area contributed by atoms with Gasteiger partial charge in [0.05, 0.1) is 16.1 Å². The highest BCUT2D eigenvalue weighted by Crippen LogP contribution is 2.31. The Morgan fingerprint density at radius 2 is 1.85 bits per heavy atom. The number of nitrogens with zero attached hydrogens (tertiary/aromatic N) is 4. The number of aryl methyl sites for hydroxylation is 3. The topological polar surface area (TPSA) is 71.4 Å². The van der Waals surface area contributed by atoms with Crippen LogP contribution >= 0.6 is 11.3 Å². The van der Waals surface area contributed by atoms with Crippen LogP contribution in [0.3, 0.4) is 0 Å². The van der Waals surface area contributed by atoms with Crippen molar-refractivity contribution in [3.8, 4) is 28.1 Å². The molecule has 0 fully saturated rings. The summed E-state index contributed by atoms with van der Waals surface area (Å²) in [6.45, 7) is 5.96. The summed E-state index contributed by atoms with van der Waals surface area (Å²) in [6.07, 6.45) is 5.08. The van der Waals surface area contributed by atoms with Crippen LogP contribution in [0, 0.1) is 26.6 Å². The van der Waals surface area contributed by atoms with E-state index < -0.39 is 11.4 Å². The average Bonchev–Trinajstić information content (AvgIpc) is 3.23. The van der Waals surface area contributed by atoms with Crippen molar-refractivity contribution >= 4 is 17.0 Å². The Balaban J connectivity index is 1.79. The van der Waals surface area contributed by atoms with Crippen LogP contribution in [0.25, 0.3) is 27.9 Å². The van der Waals surface area contributed by atoms with Gasteiger partial charge in [-0.1, -0.05) is 12.1 Å². The van der Waals surface area contributed by atoms with Crippen LogP contribution in [0.2, 0.25) is 0 Å². The quantitative estimate of drug-likeness (QED) is 0.388. The highest BCUT2D eigenvalue weighted by Gasteiger charge is 2.28. The fraction of sp³-hybridized carbons (Fsp3) is 0.154. The third kappa shape index (κ3) is 3.76. The number of rotatable bonds is 4. The minimum atomic E-state index is -0.594. The van der Waals surface area contributed by atoms with E-state index in [0.29, 0.717) is 17.8 Å². The lowest BCUT2D eigenvalue weighted by atomic mass is 10.00. The molecule has 0 aliphatic rings. The molecular weight excluding hydrogens is 451 g/mol. The fourth-order valence-corrected chi connectivity index (χ4v) is 4.91. The number of hydrogen-bond donors (Lipinski definition) is 1. The maximum atomic E-state index is 15.1. The largest absolute Gasteiger partial charge is 0.477 e. The fourth-order valence-electron chi connectivity index (χ4n) is 4.12. The van der Waals surface area contributed by atoms with Gasteiger partial charge in [0.25, 0.3) is 11.5 Å². The lowest BCUT2D eigenvalue weighted by molar-refractivity contribution is -0.671. The van der Waals surface area contributed by atoms with Crippen molar-refractivity contribution in [3.63, 3.8) is 0 Å². The highest BCUT2D eigenvalue weighted by molar-refractivity contribution is 7.11. The zero-order valence-electron chi connectivity index (χ0n) is 18.9. The van der Waals surface area contributed by atoms with Gasteiger partial charge in [0.1, 0.15) is 12.4 Å². The Hall–Kier alpha value is -3.91. The first-order chi connectivity index (χ1) is 16.3. The van der Waals surface area contributed by atoms with E-state index in [4.69, 9.17) is 0 Å². The molecule has 0 unspecified atom stereocenters. The second-order valence-electron chi connectivity index (χ2n) is 8.20. The normalized spacial score (nSPS) is 11.3. The molecule has 34 heavy (non-hydrogen) atoms. The lowest BCUT2D eigenvalue weighted by Gasteiger charge is -2.12. The number of thiazole rings is 1. The molecule has 0 aliphatic carbocycles. The van der Waals surface area contributed by atoms with Crippen LogP contribution in [-0.2, 0) is 6.54 Å². The highest BCUT2D eigenvalue weighted by atomic mass is 32.1. The molecular formula is C26H22FN4O2S+. The molecule has 4 heterocycles. The van der Waals surface area contributed by atoms with Crippen molar-refractivity contribution in [2.45, 2.75) is 27.3 Å². The van der Waals surface area contributed by atoms with E-state index in [1.807, 2.05) is 39.0 Å². The van der Waals surface area contributed by atoms with Crippen LogP contribution < -0.4 is 10.1 Å². The molecule has 0 radical (unpaired) electrons. The SMILES string of the molecule is Cc1ccc(-c2ccc(F)c(-c3c(O)[n+](Cc4cnc(C)s4)c4c(C)cccn4c3=O)c2)cn1. The van der Waals surface area contributed by atoms with E-state index in [9.17, 15) is 9.90 Å². The van der Waals surface area contributed by atoms with Crippen LogP contribution in [0.4, 0.5) is 4.39 Å². The monoisotopic (exact) mass is 473 g/mol. The summed E-state index contributed by atoms with van der Waals surface area (Å²) in [7, 11) is 0. The van der Waals surface area contributed by atoms with Crippen molar-refractivity contribution < 1.29 is 14.1 Å². The summed E-state index contributed by atoms with van der Waals surface area (Å²) in [6, 6.07) is 11.9. The molecule has 0 aliphatic heterocycles.